The van der Waals surface area contributed by atoms with Gasteiger partial charge in [-0.2, -0.15) is 0 Å². The van der Waals surface area contributed by atoms with Gasteiger partial charge < -0.3 is 10.1 Å². The topological polar surface area (TPSA) is 21.3 Å². The fourth-order valence-corrected chi connectivity index (χ4v) is 2.21. The molecule has 1 atom stereocenters. The zero-order valence-corrected chi connectivity index (χ0v) is 10.0. The second kappa shape index (κ2) is 5.46. The highest BCUT2D eigenvalue weighted by molar-refractivity contribution is 5.14. The van der Waals surface area contributed by atoms with Gasteiger partial charge in [0.25, 0.3) is 0 Å². The second-order valence-electron chi connectivity index (χ2n) is 4.81. The Kier molecular flexibility index (Phi) is 3.97. The first kappa shape index (κ1) is 11.6. The fourth-order valence-electron chi connectivity index (χ4n) is 2.21. The number of piperidine rings is 1. The minimum Gasteiger partial charge on any atom is -0.374 e. The van der Waals surface area contributed by atoms with E-state index in [1.165, 1.54) is 18.4 Å². The van der Waals surface area contributed by atoms with E-state index in [2.05, 4.69) is 42.6 Å². The third kappa shape index (κ3) is 3.32. The molecule has 1 unspecified atom stereocenters. The van der Waals surface area contributed by atoms with Crippen molar-refractivity contribution in [3.63, 3.8) is 0 Å². The molecule has 88 valence electrons. The maximum absolute atomic E-state index is 6.01. The van der Waals surface area contributed by atoms with E-state index in [-0.39, 0.29) is 5.60 Å². The highest BCUT2D eigenvalue weighted by Gasteiger charge is 2.26. The minimum absolute atomic E-state index is 0.0486. The Hall–Kier alpha value is -0.860. The maximum Gasteiger partial charge on any atom is 0.0778 e. The van der Waals surface area contributed by atoms with Crippen LogP contribution in [0, 0.1) is 0 Å². The van der Waals surface area contributed by atoms with Crippen LogP contribution in [0.5, 0.6) is 0 Å². The van der Waals surface area contributed by atoms with Gasteiger partial charge in [0.05, 0.1) is 12.2 Å². The lowest BCUT2D eigenvalue weighted by atomic mass is 9.96. The molecule has 1 aromatic rings. The van der Waals surface area contributed by atoms with E-state index in [9.17, 15) is 0 Å². The van der Waals surface area contributed by atoms with Crippen LogP contribution in [-0.4, -0.2) is 25.3 Å². The Morgan fingerprint density at radius 2 is 2.12 bits per heavy atom. The third-order valence-corrected chi connectivity index (χ3v) is 3.24. The van der Waals surface area contributed by atoms with Crippen LogP contribution in [0.1, 0.15) is 25.3 Å². The number of hydrogen-bond acceptors (Lipinski definition) is 2. The van der Waals surface area contributed by atoms with Gasteiger partial charge in [-0.1, -0.05) is 30.3 Å². The SMILES string of the molecule is CC1(OCCc2ccccc2)CCCNC1. The lowest BCUT2D eigenvalue weighted by Crippen LogP contribution is -2.45. The van der Waals surface area contributed by atoms with Crippen molar-refractivity contribution >= 4 is 0 Å². The lowest BCUT2D eigenvalue weighted by molar-refractivity contribution is -0.0450. The number of rotatable bonds is 4. The molecule has 1 aromatic carbocycles. The standard InChI is InChI=1S/C14H21NO/c1-14(9-5-10-15-12-14)16-11-8-13-6-3-2-4-7-13/h2-4,6-7,15H,5,8-12H2,1H3. The van der Waals surface area contributed by atoms with Crippen molar-refractivity contribution in [1.29, 1.82) is 0 Å². The van der Waals surface area contributed by atoms with Crippen molar-refractivity contribution in [2.45, 2.75) is 31.8 Å². The molecule has 1 heterocycles. The molecule has 0 aromatic heterocycles. The van der Waals surface area contributed by atoms with Crippen LogP contribution >= 0.6 is 0 Å². The van der Waals surface area contributed by atoms with Gasteiger partial charge in [0.1, 0.15) is 0 Å². The number of ether oxygens (including phenoxy) is 1. The summed E-state index contributed by atoms with van der Waals surface area (Å²) in [6.07, 6.45) is 3.41. The van der Waals surface area contributed by atoms with Gasteiger partial charge in [0, 0.05) is 6.54 Å². The van der Waals surface area contributed by atoms with Crippen LogP contribution in [0.3, 0.4) is 0 Å². The first-order chi connectivity index (χ1) is 7.79. The zero-order chi connectivity index (χ0) is 11.3. The number of hydrogen-bond donors (Lipinski definition) is 1. The van der Waals surface area contributed by atoms with Crippen molar-refractivity contribution in [3.8, 4) is 0 Å². The molecular formula is C14H21NO. The van der Waals surface area contributed by atoms with Crippen molar-refractivity contribution < 1.29 is 4.74 Å². The maximum atomic E-state index is 6.01. The molecular weight excluding hydrogens is 198 g/mol. The Morgan fingerprint density at radius 3 is 2.81 bits per heavy atom. The van der Waals surface area contributed by atoms with Crippen molar-refractivity contribution in [2.75, 3.05) is 19.7 Å². The van der Waals surface area contributed by atoms with E-state index in [0.717, 1.165) is 26.1 Å². The lowest BCUT2D eigenvalue weighted by Gasteiger charge is -2.34. The molecule has 0 bridgehead atoms. The molecule has 1 N–H and O–H groups in total. The van der Waals surface area contributed by atoms with Gasteiger partial charge >= 0.3 is 0 Å². The van der Waals surface area contributed by atoms with Gasteiger partial charge in [0.2, 0.25) is 0 Å². The molecule has 0 amide bonds. The molecule has 16 heavy (non-hydrogen) atoms. The Labute approximate surface area is 98.0 Å². The number of benzene rings is 1. The first-order valence-corrected chi connectivity index (χ1v) is 6.17. The summed E-state index contributed by atoms with van der Waals surface area (Å²) in [6.45, 7) is 5.16. The molecule has 1 aliphatic rings. The quantitative estimate of drug-likeness (QED) is 0.839. The molecule has 0 saturated carbocycles. The average Bonchev–Trinajstić information content (AvgIpc) is 2.31. The Bertz CT molecular complexity index is 304. The molecule has 0 aliphatic carbocycles. The summed E-state index contributed by atoms with van der Waals surface area (Å²) >= 11 is 0. The van der Waals surface area contributed by atoms with E-state index in [1.54, 1.807) is 0 Å². The summed E-state index contributed by atoms with van der Waals surface area (Å²) in [4.78, 5) is 0. The van der Waals surface area contributed by atoms with Crippen LogP contribution in [0.4, 0.5) is 0 Å². The molecule has 1 saturated heterocycles. The highest BCUT2D eigenvalue weighted by Crippen LogP contribution is 2.20. The van der Waals surface area contributed by atoms with E-state index >= 15 is 0 Å². The molecule has 1 aliphatic heterocycles. The van der Waals surface area contributed by atoms with E-state index < -0.39 is 0 Å². The van der Waals surface area contributed by atoms with Crippen LogP contribution in [0.2, 0.25) is 0 Å². The molecule has 0 radical (unpaired) electrons. The predicted molar refractivity (Wildman–Crippen MR) is 66.6 cm³/mol. The summed E-state index contributed by atoms with van der Waals surface area (Å²) in [5, 5.41) is 3.40. The smallest absolute Gasteiger partial charge is 0.0778 e. The van der Waals surface area contributed by atoms with Gasteiger partial charge in [-0.3, -0.25) is 0 Å². The monoisotopic (exact) mass is 219 g/mol. The summed E-state index contributed by atoms with van der Waals surface area (Å²) in [7, 11) is 0. The van der Waals surface area contributed by atoms with Crippen molar-refractivity contribution in [1.82, 2.24) is 5.32 Å². The van der Waals surface area contributed by atoms with Crippen LogP contribution in [0.25, 0.3) is 0 Å². The van der Waals surface area contributed by atoms with Gasteiger partial charge in [-0.05, 0) is 38.3 Å². The summed E-state index contributed by atoms with van der Waals surface area (Å²) in [5.41, 5.74) is 1.41. The van der Waals surface area contributed by atoms with E-state index in [1.807, 2.05) is 0 Å². The normalized spacial score (nSPS) is 25.6. The van der Waals surface area contributed by atoms with Gasteiger partial charge in [0.15, 0.2) is 0 Å². The first-order valence-electron chi connectivity index (χ1n) is 6.17. The van der Waals surface area contributed by atoms with Crippen LogP contribution in [-0.2, 0) is 11.2 Å². The van der Waals surface area contributed by atoms with Crippen molar-refractivity contribution in [3.05, 3.63) is 35.9 Å². The Balaban J connectivity index is 1.75. The van der Waals surface area contributed by atoms with Crippen molar-refractivity contribution in [2.24, 2.45) is 0 Å². The fraction of sp³-hybridized carbons (Fsp3) is 0.571. The largest absolute Gasteiger partial charge is 0.374 e. The van der Waals surface area contributed by atoms with Gasteiger partial charge in [-0.25, -0.2) is 0 Å². The summed E-state index contributed by atoms with van der Waals surface area (Å²) in [5.74, 6) is 0. The molecule has 2 rings (SSSR count). The molecule has 1 fully saturated rings. The highest BCUT2D eigenvalue weighted by atomic mass is 16.5. The third-order valence-electron chi connectivity index (χ3n) is 3.24. The van der Waals surface area contributed by atoms with Gasteiger partial charge in [-0.15, -0.1) is 0 Å². The number of nitrogens with one attached hydrogen (secondary N) is 1. The predicted octanol–water partition coefficient (Wildman–Crippen LogP) is 2.39. The minimum atomic E-state index is 0.0486. The average molecular weight is 219 g/mol. The van der Waals surface area contributed by atoms with E-state index in [0.29, 0.717) is 0 Å². The van der Waals surface area contributed by atoms with Crippen LogP contribution < -0.4 is 5.32 Å². The second-order valence-corrected chi connectivity index (χ2v) is 4.81. The summed E-state index contributed by atoms with van der Waals surface area (Å²) in [6, 6.07) is 10.5. The Morgan fingerprint density at radius 1 is 1.31 bits per heavy atom. The van der Waals surface area contributed by atoms with Crippen LogP contribution in [0.15, 0.2) is 30.3 Å². The molecule has 2 nitrogen and oxygen atoms in total. The van der Waals surface area contributed by atoms with E-state index in [4.69, 9.17) is 4.74 Å². The summed E-state index contributed by atoms with van der Waals surface area (Å²) < 4.78 is 6.01. The zero-order valence-electron chi connectivity index (χ0n) is 10.0. The molecule has 2 heteroatoms. The molecule has 0 spiro atoms.